The van der Waals surface area contributed by atoms with E-state index in [1.807, 2.05) is 10.7 Å². The number of aryl methyl sites for hydroxylation is 1. The molecule has 4 aromatic rings. The molecule has 2 aliphatic heterocycles. The summed E-state index contributed by atoms with van der Waals surface area (Å²) in [7, 11) is 0. The molecule has 32 heavy (non-hydrogen) atoms. The molecule has 2 saturated heterocycles. The van der Waals surface area contributed by atoms with Gasteiger partial charge in [-0.15, -0.1) is 11.3 Å². The first-order valence-electron chi connectivity index (χ1n) is 11.5. The Morgan fingerprint density at radius 2 is 2.16 bits per heavy atom. The average molecular weight is 449 g/mol. The highest BCUT2D eigenvalue weighted by Gasteiger charge is 2.38. The number of carbonyl (C=O) groups is 1. The predicted molar refractivity (Wildman–Crippen MR) is 127 cm³/mol. The number of nitrogens with one attached hydrogen (secondary N) is 2. The maximum Gasteiger partial charge on any atom is 0.264 e. The Bertz CT molecular complexity index is 1330. The molecule has 0 unspecified atom stereocenters. The molecule has 0 spiro atoms. The van der Waals surface area contributed by atoms with E-state index in [0.29, 0.717) is 18.0 Å². The monoisotopic (exact) mass is 448 g/mol. The summed E-state index contributed by atoms with van der Waals surface area (Å²) in [5.41, 5.74) is 6.49. The third-order valence-corrected chi connectivity index (χ3v) is 8.18. The molecule has 0 aliphatic carbocycles. The van der Waals surface area contributed by atoms with Gasteiger partial charge in [0.2, 0.25) is 0 Å². The number of aromatic amines is 1. The number of piperidine rings is 1. The van der Waals surface area contributed by atoms with Gasteiger partial charge in [0.1, 0.15) is 6.33 Å². The van der Waals surface area contributed by atoms with Crippen LogP contribution in [0.4, 0.5) is 0 Å². The van der Waals surface area contributed by atoms with Crippen LogP contribution in [0.1, 0.15) is 59.8 Å². The van der Waals surface area contributed by atoms with Crippen LogP contribution < -0.4 is 5.32 Å². The number of aromatic nitrogens is 4. The van der Waals surface area contributed by atoms with Crippen LogP contribution in [0.3, 0.4) is 0 Å². The van der Waals surface area contributed by atoms with Crippen molar-refractivity contribution < 1.29 is 4.79 Å². The number of hydrogen-bond donors (Lipinski definition) is 2. The number of hydrogen-bond acceptors (Lipinski definition) is 5. The molecule has 0 saturated carbocycles. The van der Waals surface area contributed by atoms with Crippen LogP contribution in [-0.2, 0) is 0 Å². The molecule has 0 aromatic carbocycles. The number of rotatable bonds is 3. The van der Waals surface area contributed by atoms with E-state index < -0.39 is 0 Å². The van der Waals surface area contributed by atoms with Crippen LogP contribution in [0.5, 0.6) is 0 Å². The number of carbonyl (C=O) groups excluding carboxylic acids is 1. The molecule has 4 aromatic heterocycles. The summed E-state index contributed by atoms with van der Waals surface area (Å²) in [6.07, 6.45) is 6.94. The molecule has 7 nitrogen and oxygen atoms in total. The normalized spacial score (nSPS) is 21.2. The van der Waals surface area contributed by atoms with Gasteiger partial charge in [-0.05, 0) is 61.9 Å². The summed E-state index contributed by atoms with van der Waals surface area (Å²) in [5, 5.41) is 7.91. The van der Waals surface area contributed by atoms with E-state index in [9.17, 15) is 4.79 Å². The first-order chi connectivity index (χ1) is 15.5. The third-order valence-electron chi connectivity index (χ3n) is 7.03. The maximum atomic E-state index is 13.5. The Kier molecular flexibility index (Phi) is 4.62. The van der Waals surface area contributed by atoms with Gasteiger partial charge in [-0.2, -0.15) is 5.10 Å². The fraction of sp³-hybridized carbons (Fsp3) is 0.458. The standard InChI is InChI=1S/C24H28N6OS/c1-13(2)20-21(15-9-14(3)23-26-12-27-30(23)11-15)28-17-10-19(32-22(17)20)24(31)29-8-4-5-16-18(29)6-7-25-16/h9-13,16,18,25,28H,4-8H2,1-3H3/t16-,18-/m0/s1. The predicted octanol–water partition coefficient (Wildman–Crippen LogP) is 4.34. The summed E-state index contributed by atoms with van der Waals surface area (Å²) in [5.74, 6) is 0.514. The second-order valence-corrected chi connectivity index (χ2v) is 10.5. The quantitative estimate of drug-likeness (QED) is 0.489. The highest BCUT2D eigenvalue weighted by molar-refractivity contribution is 7.21. The molecular formula is C24H28N6OS. The van der Waals surface area contributed by atoms with Crippen molar-refractivity contribution in [2.75, 3.05) is 13.1 Å². The van der Waals surface area contributed by atoms with Crippen molar-refractivity contribution >= 4 is 33.1 Å². The van der Waals surface area contributed by atoms with Gasteiger partial charge in [0.25, 0.3) is 5.91 Å². The van der Waals surface area contributed by atoms with Crippen molar-refractivity contribution in [1.29, 1.82) is 0 Å². The van der Waals surface area contributed by atoms with Crippen molar-refractivity contribution in [3.63, 3.8) is 0 Å². The van der Waals surface area contributed by atoms with Crippen LogP contribution >= 0.6 is 11.3 Å². The molecule has 2 fully saturated rings. The highest BCUT2D eigenvalue weighted by Crippen LogP contribution is 2.41. The lowest BCUT2D eigenvalue weighted by atomic mass is 9.97. The molecular weight excluding hydrogens is 420 g/mol. The molecule has 2 N–H and O–H groups in total. The van der Waals surface area contributed by atoms with Crippen molar-refractivity contribution in [1.82, 2.24) is 29.8 Å². The lowest BCUT2D eigenvalue weighted by Gasteiger charge is -2.37. The molecule has 166 valence electrons. The zero-order valence-corrected chi connectivity index (χ0v) is 19.5. The zero-order chi connectivity index (χ0) is 22.0. The van der Waals surface area contributed by atoms with E-state index in [0.717, 1.165) is 58.8 Å². The van der Waals surface area contributed by atoms with E-state index in [1.165, 1.54) is 16.7 Å². The van der Waals surface area contributed by atoms with Crippen molar-refractivity contribution in [3.05, 3.63) is 40.7 Å². The van der Waals surface area contributed by atoms with Gasteiger partial charge < -0.3 is 15.2 Å². The first-order valence-corrected chi connectivity index (χ1v) is 12.3. The van der Waals surface area contributed by atoms with Crippen molar-refractivity contribution in [3.8, 4) is 11.3 Å². The van der Waals surface area contributed by atoms with E-state index in [4.69, 9.17) is 0 Å². The summed E-state index contributed by atoms with van der Waals surface area (Å²) in [4.78, 5) is 24.4. The highest BCUT2D eigenvalue weighted by atomic mass is 32.1. The Morgan fingerprint density at radius 3 is 3.00 bits per heavy atom. The smallest absolute Gasteiger partial charge is 0.264 e. The van der Waals surface area contributed by atoms with Crippen molar-refractivity contribution in [2.45, 2.75) is 58.0 Å². The van der Waals surface area contributed by atoms with Crippen molar-refractivity contribution in [2.24, 2.45) is 0 Å². The molecule has 8 heteroatoms. The Morgan fingerprint density at radius 1 is 1.28 bits per heavy atom. The minimum absolute atomic E-state index is 0.189. The topological polar surface area (TPSA) is 78.3 Å². The molecule has 6 rings (SSSR count). The minimum Gasteiger partial charge on any atom is -0.354 e. The molecule has 0 bridgehead atoms. The number of fused-ring (bicyclic) bond motifs is 3. The zero-order valence-electron chi connectivity index (χ0n) is 18.7. The number of likely N-dealkylation sites (tertiary alicyclic amines) is 1. The molecule has 1 amide bonds. The maximum absolute atomic E-state index is 13.5. The van der Waals surface area contributed by atoms with Gasteiger partial charge in [-0.3, -0.25) is 4.79 Å². The first kappa shape index (κ1) is 19.9. The van der Waals surface area contributed by atoms with Gasteiger partial charge in [0.15, 0.2) is 5.65 Å². The van der Waals surface area contributed by atoms with Gasteiger partial charge in [-0.25, -0.2) is 9.50 Å². The summed E-state index contributed by atoms with van der Waals surface area (Å²) in [6, 6.07) is 5.03. The van der Waals surface area contributed by atoms with Gasteiger partial charge in [0.05, 0.1) is 20.8 Å². The second kappa shape index (κ2) is 7.42. The van der Waals surface area contributed by atoms with E-state index in [1.54, 1.807) is 17.7 Å². The Balaban J connectivity index is 1.41. The number of thiophene rings is 1. The number of nitrogens with zero attached hydrogens (tertiary/aromatic N) is 4. The minimum atomic E-state index is 0.189. The summed E-state index contributed by atoms with van der Waals surface area (Å²) < 4.78 is 3.02. The largest absolute Gasteiger partial charge is 0.354 e. The SMILES string of the molecule is Cc1cc(-c2[nH]c3cc(C(=O)N4CCC[C@@H]5NCC[C@@H]54)sc3c2C(C)C)cn2ncnc12. The Hall–Kier alpha value is -2.71. The number of amides is 1. The van der Waals surface area contributed by atoms with Crippen LogP contribution in [0.2, 0.25) is 0 Å². The van der Waals surface area contributed by atoms with E-state index in [-0.39, 0.29) is 5.91 Å². The van der Waals surface area contributed by atoms with Gasteiger partial charge in [-0.1, -0.05) is 13.8 Å². The molecule has 2 atom stereocenters. The van der Waals surface area contributed by atoms with Crippen LogP contribution in [-0.4, -0.2) is 55.6 Å². The fourth-order valence-electron chi connectivity index (χ4n) is 5.58. The summed E-state index contributed by atoms with van der Waals surface area (Å²) in [6.45, 7) is 8.38. The third kappa shape index (κ3) is 3.00. The van der Waals surface area contributed by atoms with Gasteiger partial charge >= 0.3 is 0 Å². The summed E-state index contributed by atoms with van der Waals surface area (Å²) >= 11 is 1.64. The van der Waals surface area contributed by atoms with E-state index in [2.05, 4.69) is 58.2 Å². The molecule has 0 radical (unpaired) electrons. The fourth-order valence-corrected chi connectivity index (χ4v) is 6.85. The Labute approximate surface area is 190 Å². The molecule has 6 heterocycles. The van der Waals surface area contributed by atoms with Crippen LogP contribution in [0, 0.1) is 6.92 Å². The van der Waals surface area contributed by atoms with Gasteiger partial charge in [0, 0.05) is 30.4 Å². The lowest BCUT2D eigenvalue weighted by molar-refractivity contribution is 0.0605. The average Bonchev–Trinajstić information content (AvgIpc) is 3.54. The lowest BCUT2D eigenvalue weighted by Crippen LogP contribution is -2.50. The second-order valence-electron chi connectivity index (χ2n) is 9.42. The number of H-pyrrole nitrogens is 1. The number of pyridine rings is 1. The van der Waals surface area contributed by atoms with Crippen LogP contribution in [0.25, 0.3) is 27.1 Å². The molecule has 2 aliphatic rings. The van der Waals surface area contributed by atoms with E-state index >= 15 is 0 Å². The van der Waals surface area contributed by atoms with Crippen LogP contribution in [0.15, 0.2) is 24.7 Å².